The smallest absolute Gasteiger partial charge is 0.201 e. The molecule has 5 nitrogen and oxygen atoms in total. The summed E-state index contributed by atoms with van der Waals surface area (Å²) in [4.78, 5) is 25.3. The Morgan fingerprint density at radius 3 is 1.87 bits per heavy atom. The van der Waals surface area contributed by atoms with Gasteiger partial charge in [-0.05, 0) is 30.2 Å². The van der Waals surface area contributed by atoms with Crippen molar-refractivity contribution in [1.82, 2.24) is 0 Å². The summed E-state index contributed by atoms with van der Waals surface area (Å²) < 4.78 is 0. The number of quaternary nitrogens is 1. The van der Waals surface area contributed by atoms with Crippen LogP contribution in [0.2, 0.25) is 0 Å². The summed E-state index contributed by atoms with van der Waals surface area (Å²) in [7, 11) is 0. The molecule has 0 bridgehead atoms. The number of hydrogen-bond donors (Lipinski definition) is 3. The number of carbonyl (C=O) groups is 2. The highest BCUT2D eigenvalue weighted by Crippen LogP contribution is 2.43. The van der Waals surface area contributed by atoms with E-state index in [1.54, 1.807) is 31.2 Å². The summed E-state index contributed by atoms with van der Waals surface area (Å²) in [6, 6.07) is 8.83. The van der Waals surface area contributed by atoms with Crippen molar-refractivity contribution < 1.29 is 37.9 Å². The molecule has 0 saturated carbocycles. The Labute approximate surface area is 139 Å². The van der Waals surface area contributed by atoms with E-state index in [1.807, 2.05) is 0 Å². The topological polar surface area (TPSA) is 102 Å². The van der Waals surface area contributed by atoms with E-state index in [9.17, 15) is 19.8 Å². The van der Waals surface area contributed by atoms with Crippen molar-refractivity contribution in [3.8, 4) is 11.5 Å². The van der Waals surface area contributed by atoms with Crippen molar-refractivity contribution >= 4 is 11.6 Å². The van der Waals surface area contributed by atoms with E-state index in [0.29, 0.717) is 11.1 Å². The quantitative estimate of drug-likeness (QED) is 0.590. The molecule has 1 aliphatic rings. The first-order valence-electron chi connectivity index (χ1n) is 6.98. The monoisotopic (exact) mass is 333 g/mol. The van der Waals surface area contributed by atoms with Gasteiger partial charge in [0.05, 0.1) is 17.0 Å². The number of Topliss-reactive ketones (excluding diaryl/α,β-unsaturated/α-hetero) is 1. The maximum absolute atomic E-state index is 12.6. The fourth-order valence-corrected chi connectivity index (χ4v) is 2.97. The summed E-state index contributed by atoms with van der Waals surface area (Å²) in [6.45, 7) is 1.68. The minimum absolute atomic E-state index is 0. The number of ketones is 2. The molecule has 1 atom stereocenters. The molecule has 0 spiro atoms. The molecule has 23 heavy (non-hydrogen) atoms. The van der Waals surface area contributed by atoms with Gasteiger partial charge in [0.1, 0.15) is 17.5 Å². The van der Waals surface area contributed by atoms with Crippen LogP contribution in [0.3, 0.4) is 0 Å². The summed E-state index contributed by atoms with van der Waals surface area (Å²) >= 11 is 0. The Balaban J connectivity index is 0.00000192. The molecule has 2 aromatic rings. The molecular weight excluding hydrogens is 318 g/mol. The number of fused-ring (bicyclic) bond motifs is 2. The predicted molar refractivity (Wildman–Crippen MR) is 78.8 cm³/mol. The average Bonchev–Trinajstić information content (AvgIpc) is 2.46. The number of rotatable bonds is 2. The van der Waals surface area contributed by atoms with Crippen LogP contribution < -0.4 is 18.1 Å². The molecule has 5 N–H and O–H groups in total. The van der Waals surface area contributed by atoms with Crippen molar-refractivity contribution in [3.63, 3.8) is 0 Å². The highest BCUT2D eigenvalue weighted by Gasteiger charge is 2.39. The Morgan fingerprint density at radius 1 is 1.04 bits per heavy atom. The summed E-state index contributed by atoms with van der Waals surface area (Å²) in [5.41, 5.74) is 4.85. The SMILES string of the molecule is C[C@H]([NH3+])C(=O)C1c2cccc(O)c2C(=O)c2c(O)cccc21.[Cl-]. The van der Waals surface area contributed by atoms with Crippen molar-refractivity contribution in [1.29, 1.82) is 0 Å². The zero-order valence-electron chi connectivity index (χ0n) is 12.4. The van der Waals surface area contributed by atoms with Crippen LogP contribution in [0, 0.1) is 0 Å². The predicted octanol–water partition coefficient (Wildman–Crippen LogP) is -2.02. The fraction of sp³-hybridized carbons (Fsp3) is 0.176. The fourth-order valence-electron chi connectivity index (χ4n) is 2.97. The number of phenolic OH excluding ortho intramolecular Hbond substituents is 2. The number of halogens is 1. The number of carbonyl (C=O) groups excluding carboxylic acids is 2. The van der Waals surface area contributed by atoms with Gasteiger partial charge in [-0.1, -0.05) is 24.3 Å². The third-order valence-corrected chi connectivity index (χ3v) is 4.00. The van der Waals surface area contributed by atoms with Crippen LogP contribution in [0.25, 0.3) is 0 Å². The van der Waals surface area contributed by atoms with Crippen LogP contribution in [0.1, 0.15) is 39.9 Å². The normalized spacial score (nSPS) is 14.4. The third-order valence-electron chi connectivity index (χ3n) is 4.00. The van der Waals surface area contributed by atoms with Crippen molar-refractivity contribution in [2.45, 2.75) is 18.9 Å². The Bertz CT molecular complexity index is 746. The van der Waals surface area contributed by atoms with Crippen LogP contribution in [0.4, 0.5) is 0 Å². The second-order valence-electron chi connectivity index (χ2n) is 5.55. The molecule has 120 valence electrons. The van der Waals surface area contributed by atoms with E-state index in [0.717, 1.165) is 0 Å². The van der Waals surface area contributed by atoms with E-state index in [4.69, 9.17) is 0 Å². The number of aromatic hydroxyl groups is 2. The van der Waals surface area contributed by atoms with Crippen LogP contribution in [0.5, 0.6) is 11.5 Å². The second kappa shape index (κ2) is 6.02. The van der Waals surface area contributed by atoms with Crippen molar-refractivity contribution in [2.24, 2.45) is 0 Å². The first-order valence-corrected chi connectivity index (χ1v) is 6.98. The largest absolute Gasteiger partial charge is 1.00 e. The molecule has 1 aliphatic carbocycles. The molecule has 0 heterocycles. The molecule has 0 fully saturated rings. The highest BCUT2D eigenvalue weighted by molar-refractivity contribution is 6.18. The Hall–Kier alpha value is -2.37. The lowest BCUT2D eigenvalue weighted by molar-refractivity contribution is -0.397. The maximum atomic E-state index is 12.6. The second-order valence-corrected chi connectivity index (χ2v) is 5.55. The Morgan fingerprint density at radius 2 is 1.48 bits per heavy atom. The molecule has 3 rings (SSSR count). The molecule has 2 aromatic carbocycles. The maximum Gasteiger partial charge on any atom is 0.201 e. The van der Waals surface area contributed by atoms with Gasteiger partial charge in [0.2, 0.25) is 11.6 Å². The van der Waals surface area contributed by atoms with Gasteiger partial charge in [-0.15, -0.1) is 0 Å². The van der Waals surface area contributed by atoms with E-state index < -0.39 is 17.7 Å². The lowest BCUT2D eigenvalue weighted by atomic mass is 9.74. The first kappa shape index (κ1) is 17.0. The zero-order chi connectivity index (χ0) is 16.0. The third kappa shape index (κ3) is 2.48. The summed E-state index contributed by atoms with van der Waals surface area (Å²) in [5, 5.41) is 20.1. The van der Waals surface area contributed by atoms with E-state index >= 15 is 0 Å². The van der Waals surface area contributed by atoms with Gasteiger partial charge in [0.15, 0.2) is 0 Å². The molecule has 0 saturated heterocycles. The molecule has 0 aromatic heterocycles. The number of hydrogen-bond acceptors (Lipinski definition) is 4. The van der Waals surface area contributed by atoms with Gasteiger partial charge in [-0.3, -0.25) is 9.59 Å². The summed E-state index contributed by atoms with van der Waals surface area (Å²) in [6.07, 6.45) is 0. The van der Waals surface area contributed by atoms with Gasteiger partial charge in [-0.25, -0.2) is 0 Å². The van der Waals surface area contributed by atoms with Crippen LogP contribution in [0.15, 0.2) is 36.4 Å². The van der Waals surface area contributed by atoms with E-state index in [1.165, 1.54) is 12.1 Å². The molecular formula is C17H16ClNO4. The lowest BCUT2D eigenvalue weighted by Crippen LogP contribution is -3.00. The van der Waals surface area contributed by atoms with Gasteiger partial charge < -0.3 is 28.4 Å². The molecule has 0 aliphatic heterocycles. The van der Waals surface area contributed by atoms with Gasteiger partial charge in [0.25, 0.3) is 0 Å². The van der Waals surface area contributed by atoms with Crippen LogP contribution >= 0.6 is 0 Å². The highest BCUT2D eigenvalue weighted by atomic mass is 35.5. The van der Waals surface area contributed by atoms with Crippen LogP contribution in [-0.4, -0.2) is 27.8 Å². The molecule has 0 amide bonds. The Kier molecular flexibility index (Phi) is 4.45. The molecule has 0 radical (unpaired) electrons. The molecule has 6 heteroatoms. The van der Waals surface area contributed by atoms with Crippen molar-refractivity contribution in [2.75, 3.05) is 0 Å². The zero-order valence-corrected chi connectivity index (χ0v) is 13.2. The average molecular weight is 334 g/mol. The van der Waals surface area contributed by atoms with E-state index in [-0.39, 0.29) is 40.8 Å². The van der Waals surface area contributed by atoms with E-state index in [2.05, 4.69) is 5.73 Å². The minimum atomic E-state index is -0.714. The lowest BCUT2D eigenvalue weighted by Gasteiger charge is -2.27. The standard InChI is InChI=1S/C17H15NO4.ClH/c1-8(18)16(21)13-9-4-2-6-11(19)14(9)17(22)15-10(13)5-3-7-12(15)20;/h2-8,13,19-20H,18H2,1H3;1H/t8-;/m0./s1. The number of phenols is 2. The van der Waals surface area contributed by atoms with Crippen LogP contribution in [-0.2, 0) is 4.79 Å². The first-order chi connectivity index (χ1) is 10.4. The minimum Gasteiger partial charge on any atom is -1.00 e. The summed E-state index contributed by atoms with van der Waals surface area (Å²) in [5.74, 6) is -1.72. The number of benzene rings is 2. The molecule has 0 unspecified atom stereocenters. The van der Waals surface area contributed by atoms with Gasteiger partial charge >= 0.3 is 0 Å². The van der Waals surface area contributed by atoms with Crippen molar-refractivity contribution in [3.05, 3.63) is 58.7 Å². The van der Waals surface area contributed by atoms with Gasteiger partial charge in [-0.2, -0.15) is 0 Å². The van der Waals surface area contributed by atoms with Gasteiger partial charge in [0, 0.05) is 0 Å².